The fraction of sp³-hybridized carbons (Fsp3) is 0.360. The number of carboxylic acids is 1. The van der Waals surface area contributed by atoms with Gasteiger partial charge in [0.25, 0.3) is 17.4 Å². The summed E-state index contributed by atoms with van der Waals surface area (Å²) in [6.07, 6.45) is 0.747. The molecule has 2 aromatic heterocycles. The molecule has 3 aliphatic heterocycles. The number of esters is 1. The van der Waals surface area contributed by atoms with E-state index >= 15 is 9.18 Å². The van der Waals surface area contributed by atoms with Crippen molar-refractivity contribution in [1.29, 1.82) is 0 Å². The Morgan fingerprint density at radius 2 is 1.62 bits per heavy atom. The molecule has 0 saturated heterocycles. The molecule has 4 aliphatic rings. The minimum Gasteiger partial charge on any atom is -0.481 e. The van der Waals surface area contributed by atoms with Crippen molar-refractivity contribution in [3.63, 3.8) is 0 Å². The Labute approximate surface area is 419 Å². The third-order valence-corrected chi connectivity index (χ3v) is 13.6. The summed E-state index contributed by atoms with van der Waals surface area (Å²) in [5.74, 6) is -9.74. The second kappa shape index (κ2) is 20.8. The number of cyclic esters (lactones) is 1. The molecular formula is C50H50FN9O14. The van der Waals surface area contributed by atoms with E-state index in [1.165, 1.54) is 21.6 Å². The molecule has 0 saturated carbocycles. The predicted octanol–water partition coefficient (Wildman–Crippen LogP) is -0.937. The van der Waals surface area contributed by atoms with E-state index in [0.717, 1.165) is 17.1 Å². The van der Waals surface area contributed by atoms with Crippen LogP contribution < -0.4 is 32.6 Å². The number of hydrogen-bond donors (Lipinski definition) is 7. The third-order valence-electron chi connectivity index (χ3n) is 13.6. The van der Waals surface area contributed by atoms with Crippen LogP contribution in [0.15, 0.2) is 59.4 Å². The number of carboxylic acid groups (broad SMARTS) is 1. The molecule has 4 aromatic rings. The molecule has 24 heteroatoms. The first kappa shape index (κ1) is 51.7. The van der Waals surface area contributed by atoms with Crippen LogP contribution in [0.25, 0.3) is 22.3 Å². The highest BCUT2D eigenvalue weighted by Gasteiger charge is 2.47. The van der Waals surface area contributed by atoms with Gasteiger partial charge >= 0.3 is 11.9 Å². The Morgan fingerprint density at radius 3 is 2.30 bits per heavy atom. The van der Waals surface area contributed by atoms with E-state index in [9.17, 15) is 58.2 Å². The van der Waals surface area contributed by atoms with Crippen molar-refractivity contribution < 1.29 is 67.3 Å². The largest absolute Gasteiger partial charge is 0.481 e. The number of carbonyl (C=O) groups excluding carboxylic acids is 9. The van der Waals surface area contributed by atoms with Gasteiger partial charge in [0.05, 0.1) is 61.1 Å². The average Bonchev–Trinajstić information content (AvgIpc) is 3.91. The van der Waals surface area contributed by atoms with Crippen LogP contribution in [0, 0.1) is 12.7 Å². The quantitative estimate of drug-likeness (QED) is 0.0388. The van der Waals surface area contributed by atoms with E-state index in [1.54, 1.807) is 44.2 Å². The van der Waals surface area contributed by atoms with Gasteiger partial charge in [0, 0.05) is 54.1 Å². The molecule has 0 bridgehead atoms. The number of halogens is 1. The minimum atomic E-state index is -2.15. The van der Waals surface area contributed by atoms with Crippen LogP contribution in [0.5, 0.6) is 0 Å². The van der Waals surface area contributed by atoms with Crippen molar-refractivity contribution in [3.8, 4) is 11.4 Å². The number of imide groups is 1. The Kier molecular flexibility index (Phi) is 14.5. The van der Waals surface area contributed by atoms with Crippen LogP contribution in [0.4, 0.5) is 4.39 Å². The number of aliphatic carboxylic acids is 1. The zero-order chi connectivity index (χ0) is 53.3. The van der Waals surface area contributed by atoms with Gasteiger partial charge < -0.3 is 51.4 Å². The number of nitrogens with one attached hydrogen (secondary N) is 4. The highest BCUT2D eigenvalue weighted by Crippen LogP contribution is 2.47. The smallest absolute Gasteiger partial charge is 0.343 e. The van der Waals surface area contributed by atoms with Crippen LogP contribution in [0.1, 0.15) is 77.6 Å². The van der Waals surface area contributed by atoms with E-state index in [0.29, 0.717) is 33.2 Å². The zero-order valence-electron chi connectivity index (χ0n) is 40.0. The molecule has 0 fully saturated rings. The average molecular weight is 1020 g/mol. The summed E-state index contributed by atoms with van der Waals surface area (Å²) in [6, 6.07) is 7.17. The lowest BCUT2D eigenvalue weighted by molar-refractivity contribution is -0.172. The van der Waals surface area contributed by atoms with Crippen molar-refractivity contribution in [1.82, 2.24) is 40.6 Å². The molecule has 2 aromatic carbocycles. The second-order valence-corrected chi connectivity index (χ2v) is 18.2. The molecule has 4 atom stereocenters. The number of aryl methyl sites for hydroxylation is 1. The maximum Gasteiger partial charge on any atom is 0.343 e. The summed E-state index contributed by atoms with van der Waals surface area (Å²) in [4.78, 5) is 150. The number of nitrogens with two attached hydrogens (primary N) is 1. The molecule has 23 nitrogen and oxygen atoms in total. The molecule has 1 aliphatic carbocycles. The molecule has 0 spiro atoms. The van der Waals surface area contributed by atoms with Gasteiger partial charge in [-0.25, -0.2) is 14.2 Å². The van der Waals surface area contributed by atoms with Gasteiger partial charge in [-0.05, 0) is 54.5 Å². The summed E-state index contributed by atoms with van der Waals surface area (Å²) in [5, 5.41) is 30.7. The van der Waals surface area contributed by atoms with Gasteiger partial charge in [0.15, 0.2) is 5.60 Å². The number of ether oxygens (including phenoxy) is 1. The molecule has 74 heavy (non-hydrogen) atoms. The standard InChI is InChI=1S/C50H50FN9O14/c1-3-50(73)29-16-35-45-27(21-59(35)47(70)28(29)23-74-49(50)72)44-34(10-9-26-24(2)30(51)17-31(57-45)43(26)44)60(22-36(52)61)48(71)33(15-25-7-5-4-6-8-25)56-39(64)20-53-38(63)19-54-46(69)32(18-42(67)68)55-37(62)13-14-58-40(65)11-12-41(58)66/h4-8,11-12,16-17,32-34,73H,3,9-10,13-15,18-23H2,1-2H3,(H2,52,61)(H,53,63)(H,54,69)(H,55,62)(H,56,64)(H,67,68)/t32-,33-,34-,50-/m0/s1. The normalized spacial score (nSPS) is 17.9. The van der Waals surface area contributed by atoms with Crippen LogP contribution in [-0.4, -0.2) is 127 Å². The van der Waals surface area contributed by atoms with Crippen molar-refractivity contribution in [2.24, 2.45) is 5.73 Å². The first-order valence-electron chi connectivity index (χ1n) is 23.5. The minimum absolute atomic E-state index is 0.0447. The predicted molar refractivity (Wildman–Crippen MR) is 254 cm³/mol. The molecular weight excluding hydrogens is 970 g/mol. The van der Waals surface area contributed by atoms with Gasteiger partial charge in [-0.2, -0.15) is 0 Å². The van der Waals surface area contributed by atoms with E-state index in [4.69, 9.17) is 15.5 Å². The van der Waals surface area contributed by atoms with E-state index in [2.05, 4.69) is 21.3 Å². The molecule has 8 rings (SSSR count). The maximum atomic E-state index is 15.7. The fourth-order valence-electron chi connectivity index (χ4n) is 9.89. The SMILES string of the molecule is CC[C@@]1(O)C(=O)OCc2c1cc1n(c2=O)Cc2c-1nc1cc(F)c(C)c3c1c2[C@@H](N(CC(N)=O)C(=O)[C@H](Cc1ccccc1)NC(=O)CNC(=O)CNC(=O)[C@H](CC(=O)O)NC(=O)CCN1C(=O)C=CC1=O)CC3. The first-order chi connectivity index (χ1) is 35.2. The third kappa shape index (κ3) is 10.1. The van der Waals surface area contributed by atoms with Crippen molar-refractivity contribution >= 4 is 70.1 Å². The topological polar surface area (TPSA) is 336 Å². The number of benzene rings is 2. The molecule has 0 unspecified atom stereocenters. The number of amides is 8. The molecule has 8 amide bonds. The molecule has 8 N–H and O–H groups in total. The van der Waals surface area contributed by atoms with Crippen molar-refractivity contribution in [2.75, 3.05) is 26.2 Å². The van der Waals surface area contributed by atoms with Gasteiger partial charge in [0.2, 0.25) is 35.4 Å². The number of primary amides is 1. The molecule has 0 radical (unpaired) electrons. The number of aromatic nitrogens is 2. The monoisotopic (exact) mass is 1020 g/mol. The number of aliphatic hydroxyl groups is 1. The highest BCUT2D eigenvalue weighted by molar-refractivity contribution is 6.13. The van der Waals surface area contributed by atoms with E-state index in [-0.39, 0.29) is 66.8 Å². The first-order valence-corrected chi connectivity index (χ1v) is 23.5. The van der Waals surface area contributed by atoms with Crippen LogP contribution in [-0.2, 0) is 84.3 Å². The zero-order valence-corrected chi connectivity index (χ0v) is 40.0. The summed E-state index contributed by atoms with van der Waals surface area (Å²) >= 11 is 0. The Hall–Kier alpha value is -8.67. The van der Waals surface area contributed by atoms with Gasteiger partial charge in [-0.15, -0.1) is 0 Å². The number of hydrogen-bond acceptors (Lipinski definition) is 14. The maximum absolute atomic E-state index is 15.7. The summed E-state index contributed by atoms with van der Waals surface area (Å²) in [7, 11) is 0. The van der Waals surface area contributed by atoms with Crippen LogP contribution in [0.2, 0.25) is 0 Å². The lowest BCUT2D eigenvalue weighted by Crippen LogP contribution is -2.54. The molecule has 386 valence electrons. The number of nitrogens with zero attached hydrogens (tertiary/aromatic N) is 4. The number of pyridine rings is 2. The van der Waals surface area contributed by atoms with E-state index < -0.39 is 133 Å². The van der Waals surface area contributed by atoms with Gasteiger partial charge in [-0.3, -0.25) is 52.8 Å². The Bertz CT molecular complexity index is 3180. The second-order valence-electron chi connectivity index (χ2n) is 18.2. The fourth-order valence-corrected chi connectivity index (χ4v) is 9.89. The van der Waals surface area contributed by atoms with E-state index in [1.807, 2.05) is 0 Å². The number of rotatable bonds is 19. The Balaban J connectivity index is 1.04. The number of fused-ring (bicyclic) bond motifs is 5. The van der Waals surface area contributed by atoms with Gasteiger partial charge in [-0.1, -0.05) is 37.3 Å². The van der Waals surface area contributed by atoms with Gasteiger partial charge in [0.1, 0.15) is 24.5 Å². The highest BCUT2D eigenvalue weighted by atomic mass is 19.1. The summed E-state index contributed by atoms with van der Waals surface area (Å²) < 4.78 is 22.3. The van der Waals surface area contributed by atoms with Crippen LogP contribution in [0.3, 0.4) is 0 Å². The molecule has 5 heterocycles. The summed E-state index contributed by atoms with van der Waals surface area (Å²) in [6.45, 7) is 0.105. The summed E-state index contributed by atoms with van der Waals surface area (Å²) in [5.41, 5.74) is 6.21. The van der Waals surface area contributed by atoms with Crippen molar-refractivity contribution in [3.05, 3.63) is 110 Å². The number of carbonyl (C=O) groups is 10. The lowest BCUT2D eigenvalue weighted by atomic mass is 9.80. The van der Waals surface area contributed by atoms with Crippen LogP contribution >= 0.6 is 0 Å². The Morgan fingerprint density at radius 1 is 0.932 bits per heavy atom. The van der Waals surface area contributed by atoms with Crippen molar-refractivity contribution in [2.45, 2.75) is 89.3 Å². The lowest BCUT2D eigenvalue weighted by Gasteiger charge is -2.38.